The van der Waals surface area contributed by atoms with Crippen molar-refractivity contribution in [1.82, 2.24) is 4.90 Å². The molecule has 1 fully saturated rings. The smallest absolute Gasteiger partial charge is 0.0674 e. The molecule has 0 aliphatic carbocycles. The Labute approximate surface area is 74.6 Å². The van der Waals surface area contributed by atoms with E-state index in [9.17, 15) is 0 Å². The van der Waals surface area contributed by atoms with Crippen LogP contribution >= 0.6 is 0 Å². The Hall–Kier alpha value is -0.380. The van der Waals surface area contributed by atoms with Gasteiger partial charge in [0.1, 0.15) is 0 Å². The average molecular weight is 173 g/mol. The monoisotopic (exact) mass is 173 g/mol. The van der Waals surface area contributed by atoms with E-state index in [4.69, 9.17) is 9.84 Å². The van der Waals surface area contributed by atoms with Crippen LogP contribution in [0.3, 0.4) is 0 Å². The van der Waals surface area contributed by atoms with Gasteiger partial charge in [0.15, 0.2) is 0 Å². The Bertz CT molecular complexity index is 107. The molecule has 1 aliphatic rings. The second kappa shape index (κ2) is 7.28. The molecule has 0 unspecified atom stereocenters. The second-order valence-electron chi connectivity index (χ2n) is 2.71. The summed E-state index contributed by atoms with van der Waals surface area (Å²) in [6, 6.07) is 0. The van der Waals surface area contributed by atoms with Crippen molar-refractivity contribution >= 4 is 0 Å². The summed E-state index contributed by atoms with van der Waals surface area (Å²) in [5.41, 5.74) is 0. The van der Waals surface area contributed by atoms with Crippen LogP contribution < -0.4 is 0 Å². The molecule has 1 heterocycles. The van der Waals surface area contributed by atoms with Gasteiger partial charge in [0, 0.05) is 19.6 Å². The number of aliphatic hydroxyl groups is 1. The van der Waals surface area contributed by atoms with Gasteiger partial charge in [0.25, 0.3) is 0 Å². The van der Waals surface area contributed by atoms with Crippen molar-refractivity contribution in [2.45, 2.75) is 13.0 Å². The topological polar surface area (TPSA) is 32.7 Å². The third kappa shape index (κ3) is 4.49. The van der Waals surface area contributed by atoms with Crippen LogP contribution in [0, 0.1) is 0 Å². The van der Waals surface area contributed by atoms with Gasteiger partial charge in [-0.1, -0.05) is 0 Å². The minimum Gasteiger partial charge on any atom is -0.395 e. The van der Waals surface area contributed by atoms with E-state index in [0.29, 0.717) is 6.10 Å². The van der Waals surface area contributed by atoms with E-state index in [0.717, 1.165) is 26.2 Å². The zero-order valence-corrected chi connectivity index (χ0v) is 7.83. The lowest BCUT2D eigenvalue weighted by molar-refractivity contribution is -0.0223. The van der Waals surface area contributed by atoms with Gasteiger partial charge in [-0.3, -0.25) is 4.90 Å². The summed E-state index contributed by atoms with van der Waals surface area (Å²) >= 11 is 0. The Morgan fingerprint density at radius 2 is 2.25 bits per heavy atom. The molecule has 0 aromatic carbocycles. The fourth-order valence-electron chi connectivity index (χ4n) is 1.24. The van der Waals surface area contributed by atoms with Crippen molar-refractivity contribution < 1.29 is 9.84 Å². The van der Waals surface area contributed by atoms with Gasteiger partial charge < -0.3 is 9.84 Å². The van der Waals surface area contributed by atoms with Gasteiger partial charge in [-0.15, -0.1) is 13.2 Å². The third-order valence-electron chi connectivity index (χ3n) is 1.74. The summed E-state index contributed by atoms with van der Waals surface area (Å²) in [4.78, 5) is 2.22. The summed E-state index contributed by atoms with van der Waals surface area (Å²) < 4.78 is 5.33. The van der Waals surface area contributed by atoms with Crippen LogP contribution in [0.5, 0.6) is 0 Å². The number of hydrogen-bond donors (Lipinski definition) is 1. The Morgan fingerprint density at radius 3 is 2.75 bits per heavy atom. The Kier molecular flexibility index (Phi) is 7.05. The number of ether oxygens (including phenoxy) is 1. The van der Waals surface area contributed by atoms with Crippen molar-refractivity contribution in [2.24, 2.45) is 0 Å². The van der Waals surface area contributed by atoms with Crippen LogP contribution in [0.4, 0.5) is 0 Å². The van der Waals surface area contributed by atoms with Gasteiger partial charge in [-0.2, -0.15) is 0 Å². The SMILES string of the molecule is C=C.C[C@H]1CN(CCO)CCO1. The van der Waals surface area contributed by atoms with Crippen molar-refractivity contribution in [2.75, 3.05) is 32.8 Å². The van der Waals surface area contributed by atoms with Crippen molar-refractivity contribution in [3.63, 3.8) is 0 Å². The lowest BCUT2D eigenvalue weighted by Gasteiger charge is -2.30. The van der Waals surface area contributed by atoms with E-state index in [-0.39, 0.29) is 6.61 Å². The lowest BCUT2D eigenvalue weighted by atomic mass is 10.3. The molecule has 1 N–H and O–H groups in total. The predicted molar refractivity (Wildman–Crippen MR) is 50.2 cm³/mol. The Balaban J connectivity index is 0.000000561. The number of aliphatic hydroxyl groups excluding tert-OH is 1. The maximum Gasteiger partial charge on any atom is 0.0674 e. The Morgan fingerprint density at radius 1 is 1.58 bits per heavy atom. The molecule has 12 heavy (non-hydrogen) atoms. The lowest BCUT2D eigenvalue weighted by Crippen LogP contribution is -2.42. The molecule has 0 saturated carbocycles. The molecule has 0 amide bonds. The maximum atomic E-state index is 8.62. The fourth-order valence-corrected chi connectivity index (χ4v) is 1.24. The van der Waals surface area contributed by atoms with Gasteiger partial charge >= 0.3 is 0 Å². The average Bonchev–Trinajstić information content (AvgIpc) is 2.09. The van der Waals surface area contributed by atoms with E-state index in [1.54, 1.807) is 0 Å². The number of hydrogen-bond acceptors (Lipinski definition) is 3. The highest BCUT2D eigenvalue weighted by Crippen LogP contribution is 2.02. The molecule has 0 spiro atoms. The summed E-state index contributed by atoms with van der Waals surface area (Å²) in [6.45, 7) is 11.8. The quantitative estimate of drug-likeness (QED) is 0.617. The number of rotatable bonds is 2. The fraction of sp³-hybridized carbons (Fsp3) is 0.778. The number of nitrogens with zero attached hydrogens (tertiary/aromatic N) is 1. The largest absolute Gasteiger partial charge is 0.395 e. The molecular formula is C9H19NO2. The minimum atomic E-state index is 0.257. The van der Waals surface area contributed by atoms with Crippen LogP contribution in [0.2, 0.25) is 0 Å². The highest BCUT2D eigenvalue weighted by molar-refractivity contribution is 4.66. The van der Waals surface area contributed by atoms with Gasteiger partial charge in [-0.25, -0.2) is 0 Å². The first kappa shape index (κ1) is 11.6. The van der Waals surface area contributed by atoms with Crippen molar-refractivity contribution in [3.8, 4) is 0 Å². The first-order chi connectivity index (χ1) is 5.83. The molecular weight excluding hydrogens is 154 g/mol. The summed E-state index contributed by atoms with van der Waals surface area (Å²) in [6.07, 6.45) is 0.334. The molecule has 1 atom stereocenters. The van der Waals surface area contributed by atoms with Crippen LogP contribution in [0.25, 0.3) is 0 Å². The van der Waals surface area contributed by atoms with Gasteiger partial charge in [0.05, 0.1) is 19.3 Å². The van der Waals surface area contributed by atoms with Crippen LogP contribution in [-0.4, -0.2) is 49.0 Å². The van der Waals surface area contributed by atoms with Gasteiger partial charge in [-0.05, 0) is 6.92 Å². The van der Waals surface area contributed by atoms with Crippen LogP contribution in [-0.2, 0) is 4.74 Å². The zero-order chi connectivity index (χ0) is 9.40. The van der Waals surface area contributed by atoms with E-state index >= 15 is 0 Å². The van der Waals surface area contributed by atoms with Crippen LogP contribution in [0.1, 0.15) is 6.92 Å². The maximum absolute atomic E-state index is 8.62. The molecule has 0 bridgehead atoms. The molecule has 3 nitrogen and oxygen atoms in total. The predicted octanol–water partition coefficient (Wildman–Crippen LogP) is 0.502. The highest BCUT2D eigenvalue weighted by Gasteiger charge is 2.14. The molecule has 0 aromatic heterocycles. The summed E-state index contributed by atoms with van der Waals surface area (Å²) in [5, 5.41) is 8.62. The molecule has 0 radical (unpaired) electrons. The van der Waals surface area contributed by atoms with E-state index in [1.165, 1.54) is 0 Å². The van der Waals surface area contributed by atoms with E-state index in [1.807, 2.05) is 0 Å². The van der Waals surface area contributed by atoms with E-state index < -0.39 is 0 Å². The minimum absolute atomic E-state index is 0.257. The van der Waals surface area contributed by atoms with E-state index in [2.05, 4.69) is 25.0 Å². The number of morpholine rings is 1. The first-order valence-corrected chi connectivity index (χ1v) is 4.27. The standard InChI is InChI=1S/C7H15NO2.C2H4/c1-7-6-8(2-4-9)3-5-10-7;1-2/h7,9H,2-6H2,1H3;1-2H2/t7-;/m0./s1. The highest BCUT2D eigenvalue weighted by atomic mass is 16.5. The first-order valence-electron chi connectivity index (χ1n) is 4.27. The third-order valence-corrected chi connectivity index (χ3v) is 1.74. The van der Waals surface area contributed by atoms with Crippen molar-refractivity contribution in [1.29, 1.82) is 0 Å². The zero-order valence-electron chi connectivity index (χ0n) is 7.83. The molecule has 1 saturated heterocycles. The van der Waals surface area contributed by atoms with Gasteiger partial charge in [0.2, 0.25) is 0 Å². The molecule has 0 aromatic rings. The summed E-state index contributed by atoms with van der Waals surface area (Å²) in [7, 11) is 0. The summed E-state index contributed by atoms with van der Waals surface area (Å²) in [5.74, 6) is 0. The van der Waals surface area contributed by atoms with Crippen LogP contribution in [0.15, 0.2) is 13.2 Å². The van der Waals surface area contributed by atoms with Crippen molar-refractivity contribution in [3.05, 3.63) is 13.2 Å². The molecule has 1 rings (SSSR count). The number of β-amino-alcohol motifs (C(OH)–C–C–N with tert-alkyl or cyclic N) is 1. The molecule has 72 valence electrons. The molecule has 1 aliphatic heterocycles. The second-order valence-corrected chi connectivity index (χ2v) is 2.71. The molecule has 3 heteroatoms. The normalized spacial score (nSPS) is 24.3.